The van der Waals surface area contributed by atoms with E-state index in [1.807, 2.05) is 27.7 Å². The van der Waals surface area contributed by atoms with Crippen molar-refractivity contribution in [3.63, 3.8) is 0 Å². The van der Waals surface area contributed by atoms with Crippen LogP contribution in [0, 0.1) is 6.92 Å². The Kier molecular flexibility index (Phi) is 7.25. The Hall–Kier alpha value is -1.64. The Bertz CT molecular complexity index is 724. The van der Waals surface area contributed by atoms with Crippen molar-refractivity contribution in [2.24, 2.45) is 0 Å². The maximum atomic E-state index is 12.3. The maximum absolute atomic E-state index is 12.3. The van der Waals surface area contributed by atoms with Crippen LogP contribution in [0.15, 0.2) is 29.2 Å². The predicted molar refractivity (Wildman–Crippen MR) is 101 cm³/mol. The van der Waals surface area contributed by atoms with Crippen molar-refractivity contribution < 1.29 is 26.9 Å². The van der Waals surface area contributed by atoms with Gasteiger partial charge in [0, 0.05) is 6.54 Å². The quantitative estimate of drug-likeness (QED) is 0.538. The number of rotatable bonds is 6. The van der Waals surface area contributed by atoms with E-state index in [9.17, 15) is 13.2 Å². The predicted octanol–water partition coefficient (Wildman–Crippen LogP) is 3.46. The smallest absolute Gasteiger partial charge is 0.412 e. The zero-order valence-corrected chi connectivity index (χ0v) is 17.3. The summed E-state index contributed by atoms with van der Waals surface area (Å²) >= 11 is 0. The molecule has 0 radical (unpaired) electrons. The Morgan fingerprint density at radius 2 is 1.81 bits per heavy atom. The highest BCUT2D eigenvalue weighted by atomic mass is 32.2. The monoisotopic (exact) mass is 399 g/mol. The van der Waals surface area contributed by atoms with Crippen LogP contribution in [-0.4, -0.2) is 51.0 Å². The molecule has 0 N–H and O–H groups in total. The number of aryl methyl sites for hydroxylation is 1. The van der Waals surface area contributed by atoms with E-state index in [4.69, 9.17) is 13.7 Å². The Morgan fingerprint density at radius 3 is 2.44 bits per heavy atom. The van der Waals surface area contributed by atoms with E-state index in [0.717, 1.165) is 18.4 Å². The van der Waals surface area contributed by atoms with Crippen LogP contribution in [0.5, 0.6) is 0 Å². The van der Waals surface area contributed by atoms with Crippen LogP contribution in [0.4, 0.5) is 4.79 Å². The van der Waals surface area contributed by atoms with E-state index < -0.39 is 28.0 Å². The molecular formula is C19H29NO6S. The lowest BCUT2D eigenvalue weighted by atomic mass is 10.1. The molecule has 152 valence electrons. The first-order valence-corrected chi connectivity index (χ1v) is 10.6. The van der Waals surface area contributed by atoms with Crippen LogP contribution < -0.4 is 0 Å². The van der Waals surface area contributed by atoms with Crippen molar-refractivity contribution in [3.05, 3.63) is 29.8 Å². The molecule has 1 aromatic rings. The third-order valence-corrected chi connectivity index (χ3v) is 5.34. The average Bonchev–Trinajstić information content (AvgIpc) is 2.58. The van der Waals surface area contributed by atoms with E-state index in [1.54, 1.807) is 17.0 Å². The van der Waals surface area contributed by atoms with Crippen molar-refractivity contribution in [2.75, 3.05) is 19.8 Å². The van der Waals surface area contributed by atoms with Crippen LogP contribution >= 0.6 is 0 Å². The van der Waals surface area contributed by atoms with Gasteiger partial charge in [-0.1, -0.05) is 17.7 Å². The second-order valence-electron chi connectivity index (χ2n) is 7.58. The number of carbonyl (C=O) groups is 1. The lowest BCUT2D eigenvalue weighted by Crippen LogP contribution is -2.47. The van der Waals surface area contributed by atoms with Gasteiger partial charge >= 0.3 is 6.09 Å². The molecule has 0 saturated carbocycles. The lowest BCUT2D eigenvalue weighted by Gasteiger charge is -2.36. The van der Waals surface area contributed by atoms with Crippen molar-refractivity contribution in [1.82, 2.24) is 4.90 Å². The van der Waals surface area contributed by atoms with Gasteiger partial charge in [0.05, 0.1) is 18.1 Å². The van der Waals surface area contributed by atoms with Crippen LogP contribution in [0.1, 0.15) is 45.6 Å². The Labute approximate surface area is 161 Å². The van der Waals surface area contributed by atoms with Crippen LogP contribution in [0.3, 0.4) is 0 Å². The summed E-state index contributed by atoms with van der Waals surface area (Å²) < 4.78 is 40.5. The lowest BCUT2D eigenvalue weighted by molar-refractivity contribution is -0.0877. The van der Waals surface area contributed by atoms with Gasteiger partial charge in [-0.2, -0.15) is 8.42 Å². The summed E-state index contributed by atoms with van der Waals surface area (Å²) in [5.41, 5.74) is 0.390. The van der Waals surface area contributed by atoms with E-state index in [0.29, 0.717) is 13.0 Å². The zero-order valence-electron chi connectivity index (χ0n) is 16.4. The van der Waals surface area contributed by atoms with Crippen molar-refractivity contribution in [1.29, 1.82) is 0 Å². The molecule has 1 atom stereocenters. The highest BCUT2D eigenvalue weighted by Gasteiger charge is 2.31. The van der Waals surface area contributed by atoms with Gasteiger partial charge in [0.25, 0.3) is 10.1 Å². The maximum Gasteiger partial charge on any atom is 0.412 e. The molecule has 2 rings (SSSR count). The Morgan fingerprint density at radius 1 is 1.15 bits per heavy atom. The fraction of sp³-hybridized carbons (Fsp3) is 0.632. The van der Waals surface area contributed by atoms with E-state index in [1.165, 1.54) is 12.1 Å². The fourth-order valence-corrected chi connectivity index (χ4v) is 3.60. The molecule has 0 aromatic heterocycles. The molecule has 0 bridgehead atoms. The molecule has 8 heteroatoms. The van der Waals surface area contributed by atoms with Gasteiger partial charge in [-0.05, 0) is 59.1 Å². The topological polar surface area (TPSA) is 82.1 Å². The second kappa shape index (κ2) is 9.03. The first kappa shape index (κ1) is 21.7. The number of benzene rings is 1. The summed E-state index contributed by atoms with van der Waals surface area (Å²) in [6, 6.07) is 6.45. The molecule has 1 heterocycles. The standard InChI is InChI=1S/C19H29NO6S/c1-15-8-10-16(11-9-15)27(22,23)25-14-13-24-17-7-5-6-12-20(17)18(21)26-19(2,3)4/h8-11,17H,5-7,12-14H2,1-4H3. The third kappa shape index (κ3) is 6.79. The zero-order chi connectivity index (χ0) is 20.1. The van der Waals surface area contributed by atoms with Crippen molar-refractivity contribution >= 4 is 16.2 Å². The third-order valence-electron chi connectivity index (χ3n) is 4.02. The summed E-state index contributed by atoms with van der Waals surface area (Å²) in [6.45, 7) is 7.83. The van der Waals surface area contributed by atoms with Gasteiger partial charge in [0.15, 0.2) is 0 Å². The van der Waals surface area contributed by atoms with Crippen LogP contribution in [-0.2, 0) is 23.8 Å². The normalized spacial score (nSPS) is 18.4. The molecule has 0 aliphatic carbocycles. The number of nitrogens with zero attached hydrogens (tertiary/aromatic N) is 1. The van der Waals surface area contributed by atoms with Crippen LogP contribution in [0.2, 0.25) is 0 Å². The summed E-state index contributed by atoms with van der Waals surface area (Å²) in [4.78, 5) is 14.0. The number of hydrogen-bond acceptors (Lipinski definition) is 6. The number of likely N-dealkylation sites (tertiary alicyclic amines) is 1. The van der Waals surface area contributed by atoms with Gasteiger partial charge in [-0.3, -0.25) is 9.08 Å². The average molecular weight is 400 g/mol. The molecule has 27 heavy (non-hydrogen) atoms. The molecule has 1 saturated heterocycles. The highest BCUT2D eigenvalue weighted by molar-refractivity contribution is 7.86. The molecule has 1 aliphatic heterocycles. The minimum absolute atomic E-state index is 0.0645. The molecule has 7 nitrogen and oxygen atoms in total. The van der Waals surface area contributed by atoms with Gasteiger partial charge in [0.2, 0.25) is 0 Å². The molecule has 1 fully saturated rings. The van der Waals surface area contributed by atoms with Gasteiger partial charge < -0.3 is 9.47 Å². The molecule has 0 spiro atoms. The number of carbonyl (C=O) groups excluding carboxylic acids is 1. The second-order valence-corrected chi connectivity index (χ2v) is 9.20. The number of ether oxygens (including phenoxy) is 2. The summed E-state index contributed by atoms with van der Waals surface area (Å²) in [5, 5.41) is 0. The Balaban J connectivity index is 1.85. The van der Waals surface area contributed by atoms with Crippen molar-refractivity contribution in [2.45, 2.75) is 63.7 Å². The largest absolute Gasteiger partial charge is 0.444 e. The first-order valence-electron chi connectivity index (χ1n) is 9.16. The van der Waals surface area contributed by atoms with E-state index in [2.05, 4.69) is 0 Å². The van der Waals surface area contributed by atoms with Crippen LogP contribution in [0.25, 0.3) is 0 Å². The minimum Gasteiger partial charge on any atom is -0.444 e. The number of piperidine rings is 1. The summed E-state index contributed by atoms with van der Waals surface area (Å²) in [7, 11) is -3.82. The van der Waals surface area contributed by atoms with Gasteiger partial charge in [-0.15, -0.1) is 0 Å². The highest BCUT2D eigenvalue weighted by Crippen LogP contribution is 2.21. The number of amides is 1. The SMILES string of the molecule is Cc1ccc(S(=O)(=O)OCCOC2CCCCN2C(=O)OC(C)(C)C)cc1. The molecule has 1 aliphatic rings. The molecular weight excluding hydrogens is 370 g/mol. The number of hydrogen-bond donors (Lipinski definition) is 0. The summed E-state index contributed by atoms with van der Waals surface area (Å²) in [6.07, 6.45) is 1.66. The van der Waals surface area contributed by atoms with E-state index >= 15 is 0 Å². The van der Waals surface area contributed by atoms with E-state index in [-0.39, 0.29) is 18.1 Å². The fourth-order valence-electron chi connectivity index (χ4n) is 2.70. The first-order chi connectivity index (χ1) is 12.6. The minimum atomic E-state index is -3.82. The van der Waals surface area contributed by atoms with Crippen molar-refractivity contribution in [3.8, 4) is 0 Å². The summed E-state index contributed by atoms with van der Waals surface area (Å²) in [5.74, 6) is 0. The molecule has 1 amide bonds. The molecule has 1 aromatic carbocycles. The molecule has 1 unspecified atom stereocenters. The van der Waals surface area contributed by atoms with Gasteiger partial charge in [-0.25, -0.2) is 4.79 Å². The van der Waals surface area contributed by atoms with Gasteiger partial charge in [0.1, 0.15) is 11.8 Å².